The van der Waals surface area contributed by atoms with Crippen LogP contribution in [0.5, 0.6) is 0 Å². The van der Waals surface area contributed by atoms with E-state index >= 15 is 0 Å². The summed E-state index contributed by atoms with van der Waals surface area (Å²) in [6.45, 7) is 5.40. The van der Waals surface area contributed by atoms with Crippen LogP contribution in [-0.2, 0) is 20.7 Å². The van der Waals surface area contributed by atoms with E-state index in [9.17, 15) is 4.79 Å². The summed E-state index contributed by atoms with van der Waals surface area (Å²) in [5.74, 6) is 0.0781. The van der Waals surface area contributed by atoms with E-state index in [1.165, 1.54) is 0 Å². The zero-order chi connectivity index (χ0) is 15.7. The van der Waals surface area contributed by atoms with E-state index in [0.717, 1.165) is 5.56 Å². The SMILES string of the molecule is CCOC(CN(C)C(=O)CCc1ccc(Cl)cc1)OCC. The Morgan fingerprint density at radius 2 is 1.76 bits per heavy atom. The normalized spacial score (nSPS) is 10.9. The summed E-state index contributed by atoms with van der Waals surface area (Å²) in [7, 11) is 1.77. The lowest BCUT2D eigenvalue weighted by Crippen LogP contribution is -2.37. The molecule has 1 amide bonds. The van der Waals surface area contributed by atoms with Gasteiger partial charge in [-0.3, -0.25) is 4.79 Å². The third kappa shape index (κ3) is 6.93. The number of likely N-dealkylation sites (N-methyl/N-ethyl adjacent to an activating group) is 1. The van der Waals surface area contributed by atoms with Crippen molar-refractivity contribution in [2.45, 2.75) is 33.0 Å². The van der Waals surface area contributed by atoms with Crippen molar-refractivity contribution in [3.05, 3.63) is 34.9 Å². The molecule has 0 fully saturated rings. The van der Waals surface area contributed by atoms with Crippen molar-refractivity contribution in [2.24, 2.45) is 0 Å². The Kier molecular flexibility index (Phi) is 8.35. The lowest BCUT2D eigenvalue weighted by molar-refractivity contribution is -0.156. The van der Waals surface area contributed by atoms with Gasteiger partial charge in [0.25, 0.3) is 0 Å². The van der Waals surface area contributed by atoms with Crippen molar-refractivity contribution in [3.8, 4) is 0 Å². The van der Waals surface area contributed by atoms with E-state index in [1.54, 1.807) is 11.9 Å². The van der Waals surface area contributed by atoms with Crippen LogP contribution in [0.3, 0.4) is 0 Å². The molecule has 0 spiro atoms. The van der Waals surface area contributed by atoms with Crippen LogP contribution in [0.2, 0.25) is 5.02 Å². The number of halogens is 1. The number of benzene rings is 1. The molecule has 118 valence electrons. The van der Waals surface area contributed by atoms with E-state index in [-0.39, 0.29) is 12.2 Å². The van der Waals surface area contributed by atoms with Gasteiger partial charge in [-0.25, -0.2) is 0 Å². The van der Waals surface area contributed by atoms with Crippen LogP contribution in [0.15, 0.2) is 24.3 Å². The first-order valence-corrected chi connectivity index (χ1v) is 7.66. The Hall–Kier alpha value is -1.10. The fourth-order valence-electron chi connectivity index (χ4n) is 1.94. The van der Waals surface area contributed by atoms with Gasteiger partial charge in [0, 0.05) is 31.7 Å². The average Bonchev–Trinajstić information content (AvgIpc) is 2.46. The Labute approximate surface area is 132 Å². The summed E-state index contributed by atoms with van der Waals surface area (Å²) < 4.78 is 10.9. The topological polar surface area (TPSA) is 38.8 Å². The van der Waals surface area contributed by atoms with E-state index in [2.05, 4.69) is 0 Å². The Balaban J connectivity index is 2.40. The molecule has 0 aliphatic rings. The monoisotopic (exact) mass is 313 g/mol. The van der Waals surface area contributed by atoms with Gasteiger partial charge in [0.05, 0.1) is 6.54 Å². The predicted molar refractivity (Wildman–Crippen MR) is 84.5 cm³/mol. The molecule has 0 heterocycles. The van der Waals surface area contributed by atoms with Gasteiger partial charge in [-0.15, -0.1) is 0 Å². The number of hydrogen-bond acceptors (Lipinski definition) is 3. The minimum Gasteiger partial charge on any atom is -0.351 e. The average molecular weight is 314 g/mol. The summed E-state index contributed by atoms with van der Waals surface area (Å²) in [6.07, 6.45) is 0.807. The number of hydrogen-bond donors (Lipinski definition) is 0. The van der Waals surface area contributed by atoms with Crippen molar-refractivity contribution < 1.29 is 14.3 Å². The maximum Gasteiger partial charge on any atom is 0.222 e. The first-order chi connectivity index (χ1) is 10.1. The van der Waals surface area contributed by atoms with Gasteiger partial charge in [-0.2, -0.15) is 0 Å². The fraction of sp³-hybridized carbons (Fsp3) is 0.562. The van der Waals surface area contributed by atoms with E-state index in [0.29, 0.717) is 37.6 Å². The van der Waals surface area contributed by atoms with Gasteiger partial charge in [0.1, 0.15) is 0 Å². The standard InChI is InChI=1S/C16H24ClNO3/c1-4-20-16(21-5-2)12-18(3)15(19)11-8-13-6-9-14(17)10-7-13/h6-7,9-10,16H,4-5,8,11-12H2,1-3H3. The maximum atomic E-state index is 12.1. The second kappa shape index (κ2) is 9.77. The number of rotatable bonds is 9. The third-order valence-corrected chi connectivity index (χ3v) is 3.35. The van der Waals surface area contributed by atoms with E-state index in [1.807, 2.05) is 38.1 Å². The molecule has 5 heteroatoms. The van der Waals surface area contributed by atoms with Crippen LogP contribution in [0.4, 0.5) is 0 Å². The van der Waals surface area contributed by atoms with Gasteiger partial charge >= 0.3 is 0 Å². The molecule has 0 N–H and O–H groups in total. The first-order valence-electron chi connectivity index (χ1n) is 7.28. The number of ether oxygens (including phenoxy) is 2. The molecule has 4 nitrogen and oxygen atoms in total. The van der Waals surface area contributed by atoms with Crippen LogP contribution < -0.4 is 0 Å². The molecule has 0 saturated carbocycles. The number of carbonyl (C=O) groups is 1. The third-order valence-electron chi connectivity index (χ3n) is 3.09. The van der Waals surface area contributed by atoms with E-state index in [4.69, 9.17) is 21.1 Å². The highest BCUT2D eigenvalue weighted by Gasteiger charge is 2.15. The fourth-order valence-corrected chi connectivity index (χ4v) is 2.07. The number of nitrogens with zero attached hydrogens (tertiary/aromatic N) is 1. The quantitative estimate of drug-likeness (QED) is 0.657. The van der Waals surface area contributed by atoms with Gasteiger partial charge in [-0.05, 0) is 38.0 Å². The summed E-state index contributed by atoms with van der Waals surface area (Å²) >= 11 is 5.84. The molecule has 0 saturated heterocycles. The van der Waals surface area contributed by atoms with Crippen molar-refractivity contribution in [3.63, 3.8) is 0 Å². The maximum absolute atomic E-state index is 12.1. The van der Waals surface area contributed by atoms with Crippen LogP contribution in [-0.4, -0.2) is 43.9 Å². The molecule has 1 aromatic carbocycles. The molecule has 0 unspecified atom stereocenters. The highest BCUT2D eigenvalue weighted by atomic mass is 35.5. The molecule has 1 rings (SSSR count). The Morgan fingerprint density at radius 3 is 2.29 bits per heavy atom. The molecule has 21 heavy (non-hydrogen) atoms. The zero-order valence-electron chi connectivity index (χ0n) is 13.0. The summed E-state index contributed by atoms with van der Waals surface area (Å²) in [4.78, 5) is 13.8. The van der Waals surface area contributed by atoms with Gasteiger partial charge < -0.3 is 14.4 Å². The molecular weight excluding hydrogens is 290 g/mol. The summed E-state index contributed by atoms with van der Waals surface area (Å²) in [5, 5.41) is 0.707. The Morgan fingerprint density at radius 1 is 1.19 bits per heavy atom. The summed E-state index contributed by atoms with van der Waals surface area (Å²) in [5.41, 5.74) is 1.10. The molecule has 0 bridgehead atoms. The van der Waals surface area contributed by atoms with Crippen LogP contribution >= 0.6 is 11.6 Å². The molecule has 1 aromatic rings. The summed E-state index contributed by atoms with van der Waals surface area (Å²) in [6, 6.07) is 7.56. The molecule has 0 radical (unpaired) electrons. The van der Waals surface area contributed by atoms with Crippen LogP contribution in [0, 0.1) is 0 Å². The predicted octanol–water partition coefficient (Wildman–Crippen LogP) is 3.13. The van der Waals surface area contributed by atoms with Gasteiger partial charge in [0.15, 0.2) is 6.29 Å². The molecule has 0 aliphatic heterocycles. The zero-order valence-corrected chi connectivity index (χ0v) is 13.7. The highest BCUT2D eigenvalue weighted by molar-refractivity contribution is 6.30. The smallest absolute Gasteiger partial charge is 0.222 e. The van der Waals surface area contributed by atoms with Crippen molar-refractivity contribution >= 4 is 17.5 Å². The molecule has 0 aromatic heterocycles. The number of carbonyl (C=O) groups excluding carboxylic acids is 1. The lowest BCUT2D eigenvalue weighted by Gasteiger charge is -2.24. The Bertz CT molecular complexity index is 416. The molecular formula is C16H24ClNO3. The van der Waals surface area contributed by atoms with Crippen molar-refractivity contribution in [1.82, 2.24) is 4.90 Å². The largest absolute Gasteiger partial charge is 0.351 e. The minimum atomic E-state index is -0.357. The van der Waals surface area contributed by atoms with Gasteiger partial charge in [0.2, 0.25) is 5.91 Å². The number of aryl methyl sites for hydroxylation is 1. The first kappa shape index (κ1) is 18.0. The van der Waals surface area contributed by atoms with Gasteiger partial charge in [-0.1, -0.05) is 23.7 Å². The van der Waals surface area contributed by atoms with Crippen LogP contribution in [0.25, 0.3) is 0 Å². The number of amides is 1. The lowest BCUT2D eigenvalue weighted by atomic mass is 10.1. The second-order valence-electron chi connectivity index (χ2n) is 4.74. The van der Waals surface area contributed by atoms with Crippen molar-refractivity contribution in [1.29, 1.82) is 0 Å². The molecule has 0 atom stereocenters. The van der Waals surface area contributed by atoms with Crippen LogP contribution in [0.1, 0.15) is 25.8 Å². The second-order valence-corrected chi connectivity index (χ2v) is 5.18. The van der Waals surface area contributed by atoms with Crippen molar-refractivity contribution in [2.75, 3.05) is 26.8 Å². The molecule has 0 aliphatic carbocycles. The highest BCUT2D eigenvalue weighted by Crippen LogP contribution is 2.11. The minimum absolute atomic E-state index is 0.0781. The van der Waals surface area contributed by atoms with E-state index < -0.39 is 0 Å².